The Kier molecular flexibility index (Phi) is 12.1. The van der Waals surface area contributed by atoms with Crippen LogP contribution in [0.5, 0.6) is 34.5 Å². The molecule has 0 saturated carbocycles. The zero-order valence-electron chi connectivity index (χ0n) is 30.2. The highest BCUT2D eigenvalue weighted by Crippen LogP contribution is 2.51. The van der Waals surface area contributed by atoms with Crippen molar-refractivity contribution in [2.75, 3.05) is 54.7 Å². The molecule has 0 aliphatic carbocycles. The van der Waals surface area contributed by atoms with Crippen LogP contribution in [0.15, 0.2) is 66.7 Å². The Hall–Kier alpha value is -4.52. The molecule has 0 spiro atoms. The number of hydrogen-bond donors (Lipinski definition) is 6. The van der Waals surface area contributed by atoms with Crippen LogP contribution in [0.4, 0.5) is 0 Å². The van der Waals surface area contributed by atoms with Crippen LogP contribution in [0.25, 0.3) is 11.1 Å². The lowest BCUT2D eigenvalue weighted by atomic mass is 9.72. The van der Waals surface area contributed by atoms with Crippen molar-refractivity contribution in [2.24, 2.45) is 11.8 Å². The van der Waals surface area contributed by atoms with Crippen molar-refractivity contribution >= 4 is 0 Å². The normalized spacial score (nSPS) is 20.7. The van der Waals surface area contributed by atoms with E-state index in [-0.39, 0.29) is 18.1 Å². The number of phenols is 2. The lowest BCUT2D eigenvalue weighted by molar-refractivity contribution is -0.0889. The second kappa shape index (κ2) is 16.9. The number of aliphatic hydroxyl groups excluding tert-OH is 2. The van der Waals surface area contributed by atoms with E-state index in [1.807, 2.05) is 37.4 Å². The van der Waals surface area contributed by atoms with Gasteiger partial charge in [-0.3, -0.25) is 0 Å². The number of phenolic OH excluding ortho intramolecular Hbond substituents is 2. The smallest absolute Gasteiger partial charge is 0.128 e. The van der Waals surface area contributed by atoms with E-state index in [1.165, 1.54) is 0 Å². The molecule has 11 nitrogen and oxygen atoms in total. The van der Waals surface area contributed by atoms with Gasteiger partial charge in [-0.25, -0.2) is 0 Å². The first kappa shape index (κ1) is 37.2. The van der Waals surface area contributed by atoms with E-state index in [1.54, 1.807) is 57.7 Å². The van der Waals surface area contributed by atoms with Crippen molar-refractivity contribution in [3.05, 3.63) is 94.5 Å². The summed E-state index contributed by atoms with van der Waals surface area (Å²) in [5.41, 5.74) is 5.29. The molecule has 0 unspecified atom stereocenters. The molecule has 2 aliphatic rings. The van der Waals surface area contributed by atoms with Gasteiger partial charge in [-0.05, 0) is 85.1 Å². The third-order valence-electron chi connectivity index (χ3n) is 10.2. The SMILES string of the molecule is CNCCNCc1cc2c(cc1OC)[C@H](O)[C@H]([C@@H]1COc3c(Cc4cc(O)ccc4-c4cccc(O)c4)cc(OC)cc3[C@H]1O)[C@@H](CCCOC)O2. The summed E-state index contributed by atoms with van der Waals surface area (Å²) in [6, 6.07) is 19.6. The predicted octanol–water partition coefficient (Wildman–Crippen LogP) is 5.26. The van der Waals surface area contributed by atoms with Gasteiger partial charge in [0.2, 0.25) is 0 Å². The first-order valence-corrected chi connectivity index (χ1v) is 17.8. The number of hydrogen-bond acceptors (Lipinski definition) is 11. The molecule has 0 bridgehead atoms. The van der Waals surface area contributed by atoms with Crippen molar-refractivity contribution in [1.29, 1.82) is 0 Å². The summed E-state index contributed by atoms with van der Waals surface area (Å²) in [6.45, 7) is 2.85. The largest absolute Gasteiger partial charge is 0.508 e. The Balaban J connectivity index is 1.34. The van der Waals surface area contributed by atoms with Gasteiger partial charge < -0.3 is 54.7 Å². The molecule has 4 aromatic carbocycles. The topological polar surface area (TPSA) is 151 Å². The van der Waals surface area contributed by atoms with Crippen molar-refractivity contribution < 1.29 is 44.1 Å². The van der Waals surface area contributed by atoms with Crippen LogP contribution in [0.3, 0.4) is 0 Å². The summed E-state index contributed by atoms with van der Waals surface area (Å²) in [6.07, 6.45) is -0.750. The quantitative estimate of drug-likeness (QED) is 0.0896. The number of methoxy groups -OCH3 is 3. The Morgan fingerprint density at radius 1 is 0.827 bits per heavy atom. The highest BCUT2D eigenvalue weighted by atomic mass is 16.5. The van der Waals surface area contributed by atoms with Gasteiger partial charge in [-0.1, -0.05) is 18.2 Å². The van der Waals surface area contributed by atoms with Crippen LogP contribution in [-0.4, -0.2) is 81.2 Å². The van der Waals surface area contributed by atoms with Gasteiger partial charge >= 0.3 is 0 Å². The van der Waals surface area contributed by atoms with Gasteiger partial charge in [-0.2, -0.15) is 0 Å². The number of aromatic hydroxyl groups is 2. The first-order chi connectivity index (χ1) is 25.3. The predicted molar refractivity (Wildman–Crippen MR) is 198 cm³/mol. The van der Waals surface area contributed by atoms with Gasteiger partial charge in [0.25, 0.3) is 0 Å². The fourth-order valence-corrected chi connectivity index (χ4v) is 7.60. The van der Waals surface area contributed by atoms with E-state index in [0.29, 0.717) is 66.5 Å². The van der Waals surface area contributed by atoms with Crippen LogP contribution < -0.4 is 29.6 Å². The molecule has 52 heavy (non-hydrogen) atoms. The Morgan fingerprint density at radius 2 is 1.65 bits per heavy atom. The summed E-state index contributed by atoms with van der Waals surface area (Å²) in [5.74, 6) is 1.52. The monoisotopic (exact) mass is 714 g/mol. The standard InChI is InChI=1S/C41H50N2O9/c1-42-12-13-43-22-27-19-37-32(21-36(27)50-4)40(47)38(35(52-37)9-6-14-48-2)34-23-51-41-26(18-30(49-3)20-33(41)39(34)46)15-25-17-29(45)10-11-31(25)24-7-5-8-28(44)16-24/h5,7-8,10-11,16-21,34-35,38-40,42-47H,6,9,12-15,22-23H2,1-4H3/t34-,35+,38+,39+,40-/m0/s1. The van der Waals surface area contributed by atoms with Gasteiger partial charge in [0.15, 0.2) is 0 Å². The van der Waals surface area contributed by atoms with Crippen molar-refractivity contribution in [1.82, 2.24) is 10.6 Å². The van der Waals surface area contributed by atoms with Gasteiger partial charge in [0.1, 0.15) is 40.6 Å². The number of benzene rings is 4. The van der Waals surface area contributed by atoms with Gasteiger partial charge in [0, 0.05) is 73.9 Å². The van der Waals surface area contributed by atoms with Gasteiger partial charge in [0.05, 0.1) is 33.0 Å². The molecule has 6 N–H and O–H groups in total. The molecule has 0 radical (unpaired) electrons. The number of aliphatic hydroxyl groups is 2. The first-order valence-electron chi connectivity index (χ1n) is 17.8. The number of likely N-dealkylation sites (N-methyl/N-ethyl adjacent to an activating group) is 1. The number of nitrogens with one attached hydrogen (secondary N) is 2. The van der Waals surface area contributed by atoms with E-state index < -0.39 is 30.1 Å². The van der Waals surface area contributed by atoms with E-state index in [4.69, 9.17) is 23.7 Å². The molecule has 5 atom stereocenters. The summed E-state index contributed by atoms with van der Waals surface area (Å²) < 4.78 is 30.1. The highest BCUT2D eigenvalue weighted by Gasteiger charge is 2.47. The minimum Gasteiger partial charge on any atom is -0.508 e. The molecule has 6 rings (SSSR count). The lowest BCUT2D eigenvalue weighted by Gasteiger charge is -2.45. The Morgan fingerprint density at radius 3 is 2.40 bits per heavy atom. The average Bonchev–Trinajstić information content (AvgIpc) is 3.14. The van der Waals surface area contributed by atoms with Crippen LogP contribution in [0, 0.1) is 11.8 Å². The summed E-state index contributed by atoms with van der Waals surface area (Å²) in [7, 11) is 6.76. The fourth-order valence-electron chi connectivity index (χ4n) is 7.60. The van der Waals surface area contributed by atoms with Crippen molar-refractivity contribution in [3.8, 4) is 45.6 Å². The van der Waals surface area contributed by atoms with Crippen molar-refractivity contribution in [2.45, 2.75) is 44.1 Å². The van der Waals surface area contributed by atoms with E-state index in [2.05, 4.69) is 10.6 Å². The maximum Gasteiger partial charge on any atom is 0.128 e. The molecular weight excluding hydrogens is 664 g/mol. The van der Waals surface area contributed by atoms with Crippen LogP contribution in [-0.2, 0) is 17.7 Å². The summed E-state index contributed by atoms with van der Waals surface area (Å²) in [4.78, 5) is 0. The molecule has 11 heteroatoms. The molecule has 2 aliphatic heterocycles. The van der Waals surface area contributed by atoms with E-state index >= 15 is 0 Å². The van der Waals surface area contributed by atoms with Gasteiger partial charge in [-0.15, -0.1) is 0 Å². The van der Waals surface area contributed by atoms with Crippen LogP contribution in [0.1, 0.15) is 52.9 Å². The third kappa shape index (κ3) is 7.94. The number of fused-ring (bicyclic) bond motifs is 2. The lowest BCUT2D eigenvalue weighted by Crippen LogP contribution is -2.46. The Labute approximate surface area is 305 Å². The second-order valence-corrected chi connectivity index (χ2v) is 13.5. The molecule has 278 valence electrons. The van der Waals surface area contributed by atoms with E-state index in [0.717, 1.165) is 40.9 Å². The number of rotatable bonds is 15. The third-order valence-corrected chi connectivity index (χ3v) is 10.2. The molecular formula is C41H50N2O9. The maximum absolute atomic E-state index is 12.2. The van der Waals surface area contributed by atoms with Crippen LogP contribution in [0.2, 0.25) is 0 Å². The number of ether oxygens (including phenoxy) is 5. The van der Waals surface area contributed by atoms with Crippen LogP contribution >= 0.6 is 0 Å². The molecule has 0 aromatic heterocycles. The zero-order valence-corrected chi connectivity index (χ0v) is 30.2. The zero-order chi connectivity index (χ0) is 36.8. The summed E-state index contributed by atoms with van der Waals surface area (Å²) in [5, 5.41) is 51.5. The Bertz CT molecular complexity index is 1830. The van der Waals surface area contributed by atoms with E-state index in [9.17, 15) is 20.4 Å². The maximum atomic E-state index is 12.2. The minimum atomic E-state index is -1.01. The molecule has 4 aromatic rings. The van der Waals surface area contributed by atoms with Crippen molar-refractivity contribution in [3.63, 3.8) is 0 Å². The molecule has 0 fully saturated rings. The minimum absolute atomic E-state index is 0.108. The summed E-state index contributed by atoms with van der Waals surface area (Å²) >= 11 is 0. The molecule has 2 heterocycles. The second-order valence-electron chi connectivity index (χ2n) is 13.5. The molecule has 0 amide bonds. The highest BCUT2D eigenvalue weighted by molar-refractivity contribution is 5.70. The average molecular weight is 715 g/mol. The molecule has 0 saturated heterocycles. The fraction of sp³-hybridized carbons (Fsp3) is 0.415.